The van der Waals surface area contributed by atoms with Crippen LogP contribution in [0.4, 0.5) is 0 Å². The smallest absolute Gasteiger partial charge is 0.230 e. The Hall–Kier alpha value is -2.04. The summed E-state index contributed by atoms with van der Waals surface area (Å²) in [4.78, 5) is 12.7. The second-order valence-electron chi connectivity index (χ2n) is 5.95. The van der Waals surface area contributed by atoms with E-state index < -0.39 is 5.41 Å². The lowest BCUT2D eigenvalue weighted by Crippen LogP contribution is -2.34. The third-order valence-corrected chi connectivity index (χ3v) is 4.59. The molecule has 2 aromatic rings. The van der Waals surface area contributed by atoms with Gasteiger partial charge >= 0.3 is 0 Å². The number of para-hydroxylation sites is 1. The number of benzene rings is 2. The first-order valence-corrected chi connectivity index (χ1v) is 8.39. The van der Waals surface area contributed by atoms with Gasteiger partial charge in [-0.3, -0.25) is 4.79 Å². The second-order valence-corrected chi connectivity index (χ2v) is 6.39. The summed E-state index contributed by atoms with van der Waals surface area (Å²) >= 11 is 5.93. The number of rotatable bonds is 7. The SMILES string of the molecule is O=C(NCc1ccccc1OCCO)C1(c2ccc(Cl)cc2)CC1. The second kappa shape index (κ2) is 7.24. The van der Waals surface area contributed by atoms with Gasteiger partial charge < -0.3 is 15.2 Å². The minimum atomic E-state index is -0.425. The van der Waals surface area contributed by atoms with Gasteiger partial charge in [0, 0.05) is 17.1 Å². The average molecular weight is 346 g/mol. The van der Waals surface area contributed by atoms with Crippen LogP contribution in [0.2, 0.25) is 5.02 Å². The number of hydrogen-bond donors (Lipinski definition) is 2. The average Bonchev–Trinajstić information content (AvgIpc) is 3.41. The van der Waals surface area contributed by atoms with Crippen molar-refractivity contribution in [1.82, 2.24) is 5.32 Å². The minimum absolute atomic E-state index is 0.0294. The number of carbonyl (C=O) groups is 1. The molecule has 24 heavy (non-hydrogen) atoms. The van der Waals surface area contributed by atoms with E-state index in [0.717, 1.165) is 24.0 Å². The molecule has 4 nitrogen and oxygen atoms in total. The summed E-state index contributed by atoms with van der Waals surface area (Å²) in [7, 11) is 0. The third kappa shape index (κ3) is 3.55. The largest absolute Gasteiger partial charge is 0.491 e. The van der Waals surface area contributed by atoms with Crippen molar-refractivity contribution in [3.05, 3.63) is 64.7 Å². The molecule has 3 rings (SSSR count). The Labute approximate surface area is 146 Å². The molecule has 0 saturated heterocycles. The molecule has 0 atom stereocenters. The highest BCUT2D eigenvalue weighted by atomic mass is 35.5. The first-order chi connectivity index (χ1) is 11.7. The van der Waals surface area contributed by atoms with E-state index >= 15 is 0 Å². The zero-order valence-electron chi connectivity index (χ0n) is 13.3. The lowest BCUT2D eigenvalue weighted by Gasteiger charge is -2.17. The number of aliphatic hydroxyl groups excluding tert-OH is 1. The van der Waals surface area contributed by atoms with Gasteiger partial charge in [-0.1, -0.05) is 41.9 Å². The third-order valence-electron chi connectivity index (χ3n) is 4.34. The van der Waals surface area contributed by atoms with Gasteiger partial charge in [-0.15, -0.1) is 0 Å². The molecule has 0 aliphatic heterocycles. The molecule has 5 heteroatoms. The van der Waals surface area contributed by atoms with Crippen molar-refractivity contribution < 1.29 is 14.6 Å². The summed E-state index contributed by atoms with van der Waals surface area (Å²) in [6.07, 6.45) is 1.70. The molecule has 1 aliphatic carbocycles. The summed E-state index contributed by atoms with van der Waals surface area (Å²) in [6, 6.07) is 15.0. The van der Waals surface area contributed by atoms with Crippen LogP contribution in [0.1, 0.15) is 24.0 Å². The Bertz CT molecular complexity index is 711. The fourth-order valence-corrected chi connectivity index (χ4v) is 2.96. The van der Waals surface area contributed by atoms with Crippen molar-refractivity contribution in [1.29, 1.82) is 0 Å². The van der Waals surface area contributed by atoms with E-state index in [1.165, 1.54) is 0 Å². The van der Waals surface area contributed by atoms with Crippen LogP contribution in [0.3, 0.4) is 0 Å². The van der Waals surface area contributed by atoms with Crippen LogP contribution in [-0.2, 0) is 16.8 Å². The van der Waals surface area contributed by atoms with Crippen molar-refractivity contribution in [2.45, 2.75) is 24.8 Å². The van der Waals surface area contributed by atoms with E-state index in [0.29, 0.717) is 17.3 Å². The standard InChI is InChI=1S/C19H20ClNO3/c20-16-7-5-15(6-8-16)19(9-10-19)18(23)21-13-14-3-1-2-4-17(14)24-12-11-22/h1-8,22H,9-13H2,(H,21,23). The Morgan fingerprint density at radius 1 is 1.17 bits per heavy atom. The molecule has 0 unspecified atom stereocenters. The number of carbonyl (C=O) groups excluding carboxylic acids is 1. The van der Waals surface area contributed by atoms with Gasteiger partial charge in [0.2, 0.25) is 5.91 Å². The first kappa shape index (κ1) is 16.8. The van der Waals surface area contributed by atoms with Gasteiger partial charge in [0.1, 0.15) is 12.4 Å². The molecule has 126 valence electrons. The van der Waals surface area contributed by atoms with E-state index in [1.54, 1.807) is 0 Å². The molecule has 2 N–H and O–H groups in total. The van der Waals surface area contributed by atoms with E-state index in [1.807, 2.05) is 48.5 Å². The van der Waals surface area contributed by atoms with Gasteiger partial charge in [-0.25, -0.2) is 0 Å². The molecular weight excluding hydrogens is 326 g/mol. The fourth-order valence-electron chi connectivity index (χ4n) is 2.83. The molecule has 2 aromatic carbocycles. The molecule has 0 aromatic heterocycles. The number of nitrogens with one attached hydrogen (secondary N) is 1. The van der Waals surface area contributed by atoms with E-state index in [-0.39, 0.29) is 19.1 Å². The molecule has 0 spiro atoms. The summed E-state index contributed by atoms with van der Waals surface area (Å²) in [5.74, 6) is 0.713. The Morgan fingerprint density at radius 2 is 1.88 bits per heavy atom. The van der Waals surface area contributed by atoms with E-state index in [9.17, 15) is 4.79 Å². The summed E-state index contributed by atoms with van der Waals surface area (Å²) in [6.45, 7) is 0.593. The number of ether oxygens (including phenoxy) is 1. The Morgan fingerprint density at radius 3 is 2.54 bits per heavy atom. The predicted molar refractivity (Wildman–Crippen MR) is 93.2 cm³/mol. The molecule has 1 fully saturated rings. The van der Waals surface area contributed by atoms with Crippen molar-refractivity contribution in [3.63, 3.8) is 0 Å². The Balaban J connectivity index is 1.67. The highest BCUT2D eigenvalue weighted by molar-refractivity contribution is 6.30. The first-order valence-electron chi connectivity index (χ1n) is 8.02. The molecular formula is C19H20ClNO3. The molecule has 1 aliphatic rings. The van der Waals surface area contributed by atoms with Gasteiger partial charge in [-0.2, -0.15) is 0 Å². The summed E-state index contributed by atoms with van der Waals surface area (Å²) in [5, 5.41) is 12.6. The van der Waals surface area contributed by atoms with Crippen LogP contribution in [0.15, 0.2) is 48.5 Å². The van der Waals surface area contributed by atoms with Crippen LogP contribution in [0.5, 0.6) is 5.75 Å². The zero-order chi connectivity index (χ0) is 17.0. The quantitative estimate of drug-likeness (QED) is 0.810. The predicted octanol–water partition coefficient (Wildman–Crippen LogP) is 3.06. The maximum absolute atomic E-state index is 12.7. The van der Waals surface area contributed by atoms with Crippen molar-refractivity contribution in [2.75, 3.05) is 13.2 Å². The van der Waals surface area contributed by atoms with Crippen molar-refractivity contribution in [2.24, 2.45) is 0 Å². The summed E-state index contributed by atoms with van der Waals surface area (Å²) in [5.41, 5.74) is 1.48. The topological polar surface area (TPSA) is 58.6 Å². The number of amides is 1. The van der Waals surface area contributed by atoms with Crippen molar-refractivity contribution in [3.8, 4) is 5.75 Å². The van der Waals surface area contributed by atoms with Gasteiger partial charge in [0.25, 0.3) is 0 Å². The van der Waals surface area contributed by atoms with Crippen LogP contribution >= 0.6 is 11.6 Å². The van der Waals surface area contributed by atoms with Gasteiger partial charge in [-0.05, 0) is 36.6 Å². The highest BCUT2D eigenvalue weighted by Crippen LogP contribution is 2.48. The molecule has 1 amide bonds. The van der Waals surface area contributed by atoms with Crippen LogP contribution in [0.25, 0.3) is 0 Å². The fraction of sp³-hybridized carbons (Fsp3) is 0.316. The molecule has 0 heterocycles. The molecule has 0 radical (unpaired) electrons. The van der Waals surface area contributed by atoms with Gasteiger partial charge in [0.05, 0.1) is 12.0 Å². The van der Waals surface area contributed by atoms with E-state index in [4.69, 9.17) is 21.4 Å². The van der Waals surface area contributed by atoms with Crippen molar-refractivity contribution >= 4 is 17.5 Å². The highest BCUT2D eigenvalue weighted by Gasteiger charge is 2.51. The van der Waals surface area contributed by atoms with E-state index in [2.05, 4.69) is 5.32 Å². The molecule has 1 saturated carbocycles. The van der Waals surface area contributed by atoms with Gasteiger partial charge in [0.15, 0.2) is 0 Å². The Kier molecular flexibility index (Phi) is 5.07. The minimum Gasteiger partial charge on any atom is -0.491 e. The number of halogens is 1. The summed E-state index contributed by atoms with van der Waals surface area (Å²) < 4.78 is 5.50. The maximum Gasteiger partial charge on any atom is 0.230 e. The number of aliphatic hydroxyl groups is 1. The zero-order valence-corrected chi connectivity index (χ0v) is 14.1. The van der Waals surface area contributed by atoms with Crippen LogP contribution < -0.4 is 10.1 Å². The monoisotopic (exact) mass is 345 g/mol. The lowest BCUT2D eigenvalue weighted by atomic mass is 9.95. The van der Waals surface area contributed by atoms with Crippen LogP contribution in [0, 0.1) is 0 Å². The molecule has 0 bridgehead atoms. The normalized spacial score (nSPS) is 14.9. The maximum atomic E-state index is 12.7. The lowest BCUT2D eigenvalue weighted by molar-refractivity contribution is -0.123. The number of hydrogen-bond acceptors (Lipinski definition) is 3. The van der Waals surface area contributed by atoms with Crippen LogP contribution in [-0.4, -0.2) is 24.2 Å².